The van der Waals surface area contributed by atoms with Gasteiger partial charge in [0, 0.05) is 26.2 Å². The summed E-state index contributed by atoms with van der Waals surface area (Å²) in [5.41, 5.74) is 1.40. The average molecular weight is 517 g/mol. The molecular weight excluding hydrogens is 481 g/mol. The van der Waals surface area contributed by atoms with Crippen LogP contribution in [0.25, 0.3) is 0 Å². The summed E-state index contributed by atoms with van der Waals surface area (Å²) in [6.45, 7) is 7.27. The van der Waals surface area contributed by atoms with Gasteiger partial charge in [-0.25, -0.2) is 4.79 Å². The number of hydrogen-bond acceptors (Lipinski definition) is 6. The molecule has 11 heteroatoms. The molecule has 1 aromatic carbocycles. The first-order valence-corrected chi connectivity index (χ1v) is 12.3. The van der Waals surface area contributed by atoms with Gasteiger partial charge in [-0.1, -0.05) is 17.7 Å². The Balaban J connectivity index is 0.000000454. The van der Waals surface area contributed by atoms with Crippen molar-refractivity contribution in [3.05, 3.63) is 29.8 Å². The molecule has 1 aromatic rings. The zero-order valence-corrected chi connectivity index (χ0v) is 20.5. The third-order valence-electron chi connectivity index (χ3n) is 7.03. The zero-order valence-electron chi connectivity index (χ0n) is 20.5. The first-order chi connectivity index (χ1) is 17.0. The molecule has 3 aliphatic rings. The number of halogens is 3. The van der Waals surface area contributed by atoms with Crippen LogP contribution in [0.15, 0.2) is 24.3 Å². The van der Waals surface area contributed by atoms with Crippen molar-refractivity contribution in [2.24, 2.45) is 5.41 Å². The van der Waals surface area contributed by atoms with Gasteiger partial charge in [0.2, 0.25) is 0 Å². The number of carbonyl (C=O) groups excluding carboxylic acids is 1. The molecule has 0 saturated carbocycles. The van der Waals surface area contributed by atoms with Crippen LogP contribution >= 0.6 is 0 Å². The highest BCUT2D eigenvalue weighted by molar-refractivity contribution is 5.77. The molecule has 0 radical (unpaired) electrons. The summed E-state index contributed by atoms with van der Waals surface area (Å²) < 4.78 is 43.5. The molecule has 8 nitrogen and oxygen atoms in total. The van der Waals surface area contributed by atoms with E-state index in [1.165, 1.54) is 5.56 Å². The molecular formula is C25H35F3N2O6. The maximum absolute atomic E-state index is 12.5. The van der Waals surface area contributed by atoms with E-state index in [-0.39, 0.29) is 30.1 Å². The largest absolute Gasteiger partial charge is 0.490 e. The predicted molar refractivity (Wildman–Crippen MR) is 125 cm³/mol. The van der Waals surface area contributed by atoms with E-state index in [2.05, 4.69) is 4.90 Å². The van der Waals surface area contributed by atoms with Crippen LogP contribution in [0.2, 0.25) is 0 Å². The van der Waals surface area contributed by atoms with Gasteiger partial charge in [0.25, 0.3) is 5.91 Å². The predicted octanol–water partition coefficient (Wildman–Crippen LogP) is 2.86. The molecule has 1 spiro atoms. The molecule has 3 fully saturated rings. The number of aliphatic carboxylic acids is 1. The Morgan fingerprint density at radius 1 is 1.17 bits per heavy atom. The summed E-state index contributed by atoms with van der Waals surface area (Å²) in [7, 11) is 0. The van der Waals surface area contributed by atoms with Gasteiger partial charge in [0.15, 0.2) is 6.61 Å². The monoisotopic (exact) mass is 516 g/mol. The number of aliphatic hydroxyl groups is 1. The van der Waals surface area contributed by atoms with E-state index in [1.807, 2.05) is 36.1 Å². The number of hydrogen-bond donors (Lipinski definition) is 2. The molecule has 1 amide bonds. The van der Waals surface area contributed by atoms with Crippen LogP contribution in [0, 0.1) is 12.3 Å². The van der Waals surface area contributed by atoms with E-state index in [0.717, 1.165) is 77.2 Å². The maximum Gasteiger partial charge on any atom is 0.490 e. The molecule has 3 aliphatic heterocycles. The Labute approximate surface area is 209 Å². The molecule has 0 aliphatic carbocycles. The van der Waals surface area contributed by atoms with Gasteiger partial charge >= 0.3 is 12.1 Å². The van der Waals surface area contributed by atoms with Crippen molar-refractivity contribution in [3.8, 4) is 5.75 Å². The number of benzene rings is 1. The van der Waals surface area contributed by atoms with Gasteiger partial charge in [-0.2, -0.15) is 13.2 Å². The molecule has 36 heavy (non-hydrogen) atoms. The number of carbonyl (C=O) groups is 2. The lowest BCUT2D eigenvalue weighted by Crippen LogP contribution is -2.45. The van der Waals surface area contributed by atoms with E-state index in [9.17, 15) is 23.1 Å². The summed E-state index contributed by atoms with van der Waals surface area (Å²) in [4.78, 5) is 25.7. The van der Waals surface area contributed by atoms with Gasteiger partial charge in [0.1, 0.15) is 5.75 Å². The highest BCUT2D eigenvalue weighted by Crippen LogP contribution is 2.42. The summed E-state index contributed by atoms with van der Waals surface area (Å²) in [5.74, 6) is -1.95. The number of rotatable bonds is 5. The Kier molecular flexibility index (Phi) is 9.59. The molecule has 2 atom stereocenters. The van der Waals surface area contributed by atoms with Crippen LogP contribution < -0.4 is 4.74 Å². The summed E-state index contributed by atoms with van der Waals surface area (Å²) >= 11 is 0. The number of carboxylic acid groups (broad SMARTS) is 1. The first-order valence-electron chi connectivity index (χ1n) is 12.3. The van der Waals surface area contributed by atoms with Crippen LogP contribution in [0.5, 0.6) is 5.75 Å². The van der Waals surface area contributed by atoms with E-state index >= 15 is 0 Å². The normalized spacial score (nSPS) is 24.2. The molecule has 3 saturated heterocycles. The summed E-state index contributed by atoms with van der Waals surface area (Å²) in [5, 5.41) is 17.0. The number of likely N-dealkylation sites (tertiary alicyclic amines) is 2. The third kappa shape index (κ3) is 8.35. The third-order valence-corrected chi connectivity index (χ3v) is 7.03. The van der Waals surface area contributed by atoms with Crippen LogP contribution in [0.1, 0.15) is 37.7 Å². The van der Waals surface area contributed by atoms with Crippen molar-refractivity contribution < 1.29 is 42.4 Å². The van der Waals surface area contributed by atoms with Gasteiger partial charge in [-0.3, -0.25) is 9.69 Å². The topological polar surface area (TPSA) is 99.5 Å². The maximum atomic E-state index is 12.5. The number of ether oxygens (including phenoxy) is 2. The second kappa shape index (κ2) is 12.2. The minimum atomic E-state index is -5.08. The van der Waals surface area contributed by atoms with Crippen LogP contribution in [-0.4, -0.2) is 96.2 Å². The number of aliphatic hydroxyl groups excluding tert-OH is 1. The van der Waals surface area contributed by atoms with Crippen molar-refractivity contribution in [2.45, 2.75) is 57.4 Å². The lowest BCUT2D eigenvalue weighted by molar-refractivity contribution is -0.192. The quantitative estimate of drug-likeness (QED) is 0.621. The van der Waals surface area contributed by atoms with Crippen molar-refractivity contribution in [1.29, 1.82) is 0 Å². The molecule has 2 N–H and O–H groups in total. The number of amides is 1. The fourth-order valence-electron chi connectivity index (χ4n) is 4.95. The Morgan fingerprint density at radius 3 is 2.39 bits per heavy atom. The molecule has 3 heterocycles. The number of alkyl halides is 3. The first kappa shape index (κ1) is 28.2. The second-order valence-electron chi connectivity index (χ2n) is 9.98. The SMILES string of the molecule is Cc1ccc(OCC(=O)N2CCC3(CC2)COC(CN2CCCC(O)C2)C3)cc1.O=C(O)C(F)(F)F. The fraction of sp³-hybridized carbons (Fsp3) is 0.680. The molecule has 0 aromatic heterocycles. The minimum Gasteiger partial charge on any atom is -0.484 e. The van der Waals surface area contributed by atoms with Gasteiger partial charge < -0.3 is 24.6 Å². The van der Waals surface area contributed by atoms with Gasteiger partial charge in [-0.15, -0.1) is 0 Å². The number of carboxylic acids is 1. The summed E-state index contributed by atoms with van der Waals surface area (Å²) in [6.07, 6.45) is 0.0548. The van der Waals surface area contributed by atoms with Crippen molar-refractivity contribution in [3.63, 3.8) is 0 Å². The second-order valence-corrected chi connectivity index (χ2v) is 9.98. The van der Waals surface area contributed by atoms with E-state index < -0.39 is 12.1 Å². The van der Waals surface area contributed by atoms with Gasteiger partial charge in [-0.05, 0) is 63.1 Å². The number of nitrogens with zero attached hydrogens (tertiary/aromatic N) is 2. The van der Waals surface area contributed by atoms with E-state index in [4.69, 9.17) is 19.4 Å². The lowest BCUT2D eigenvalue weighted by atomic mass is 9.76. The van der Waals surface area contributed by atoms with Crippen LogP contribution in [0.3, 0.4) is 0 Å². The summed E-state index contributed by atoms with van der Waals surface area (Å²) in [6, 6.07) is 7.80. The van der Waals surface area contributed by atoms with Crippen molar-refractivity contribution in [1.82, 2.24) is 9.80 Å². The Hall–Kier alpha value is -2.37. The highest BCUT2D eigenvalue weighted by Gasteiger charge is 2.43. The molecule has 2 unspecified atom stereocenters. The highest BCUT2D eigenvalue weighted by atomic mass is 19.4. The van der Waals surface area contributed by atoms with Crippen molar-refractivity contribution >= 4 is 11.9 Å². The lowest BCUT2D eigenvalue weighted by Gasteiger charge is -2.38. The van der Waals surface area contributed by atoms with Gasteiger partial charge in [0.05, 0.1) is 18.8 Å². The Morgan fingerprint density at radius 2 is 1.81 bits per heavy atom. The number of piperidine rings is 2. The van der Waals surface area contributed by atoms with E-state index in [0.29, 0.717) is 0 Å². The number of aryl methyl sites for hydroxylation is 1. The fourth-order valence-corrected chi connectivity index (χ4v) is 4.95. The molecule has 202 valence electrons. The average Bonchev–Trinajstić information content (AvgIpc) is 3.20. The molecule has 0 bridgehead atoms. The van der Waals surface area contributed by atoms with Crippen molar-refractivity contribution in [2.75, 3.05) is 45.9 Å². The van der Waals surface area contributed by atoms with Crippen LogP contribution in [0.4, 0.5) is 13.2 Å². The smallest absolute Gasteiger partial charge is 0.484 e. The van der Waals surface area contributed by atoms with Crippen LogP contribution in [-0.2, 0) is 14.3 Å². The standard InChI is InChI=1S/C23H34N2O4.C2HF3O2/c1-18-4-6-20(7-5-18)28-16-22(27)25-11-8-23(9-12-25)13-21(29-17-23)15-24-10-2-3-19(26)14-24;3-2(4,5)1(6)7/h4-7,19,21,26H,2-3,8-17H2,1H3;(H,6,7). The number of β-amino-alcohol motifs (C(OH)–C–C–N with tert-alkyl or cyclic N) is 1. The van der Waals surface area contributed by atoms with E-state index in [1.54, 1.807) is 0 Å². The zero-order chi connectivity index (χ0) is 26.3. The Bertz CT molecular complexity index is 872. The molecule has 4 rings (SSSR count). The minimum absolute atomic E-state index is 0.0678.